The van der Waals surface area contributed by atoms with Crippen LogP contribution in [0.3, 0.4) is 0 Å². The van der Waals surface area contributed by atoms with Crippen LogP contribution in [0.2, 0.25) is 0 Å². The molecule has 2 aromatic carbocycles. The van der Waals surface area contributed by atoms with E-state index in [4.69, 9.17) is 9.47 Å². The molecule has 0 atom stereocenters. The molecule has 2 heterocycles. The van der Waals surface area contributed by atoms with E-state index in [1.807, 2.05) is 41.1 Å². The van der Waals surface area contributed by atoms with E-state index in [0.717, 1.165) is 35.5 Å². The van der Waals surface area contributed by atoms with Crippen molar-refractivity contribution in [3.63, 3.8) is 0 Å². The summed E-state index contributed by atoms with van der Waals surface area (Å²) < 4.78 is 39.4. The number of hydrogen-bond donors (Lipinski definition) is 2. The first-order valence-electron chi connectivity index (χ1n) is 11.8. The van der Waals surface area contributed by atoms with Gasteiger partial charge in [-0.3, -0.25) is 0 Å². The standard InChI is InChI=1S/C26H29N3O6S.ClH/c30-25(34-18-21-7-3-1-4-8-21)24-23(17-20-11-14-27-15-12-20)13-16-29(24)36(32,33)28-26(31)35-19-22-9-5-2-6-10-22;/h1-10,13,16,20,27H,11-12,14-15,17-19H2,(H,28,31);1H. The van der Waals surface area contributed by atoms with Gasteiger partial charge in [-0.15, -0.1) is 12.4 Å². The Bertz CT molecular complexity index is 1280. The third-order valence-electron chi connectivity index (χ3n) is 5.99. The number of rotatable bonds is 9. The highest BCUT2D eigenvalue weighted by molar-refractivity contribution is 7.88. The summed E-state index contributed by atoms with van der Waals surface area (Å²) >= 11 is 0. The molecule has 1 saturated heterocycles. The van der Waals surface area contributed by atoms with Crippen molar-refractivity contribution in [3.05, 3.63) is 95.3 Å². The van der Waals surface area contributed by atoms with Gasteiger partial charge in [0.2, 0.25) is 0 Å². The lowest BCUT2D eigenvalue weighted by Gasteiger charge is -2.22. The largest absolute Gasteiger partial charge is 0.456 e. The van der Waals surface area contributed by atoms with Gasteiger partial charge in [-0.1, -0.05) is 60.7 Å². The lowest BCUT2D eigenvalue weighted by Crippen LogP contribution is -2.37. The minimum absolute atomic E-state index is 0. The number of piperidine rings is 1. The summed E-state index contributed by atoms with van der Waals surface area (Å²) in [4.78, 5) is 25.4. The van der Waals surface area contributed by atoms with Crippen molar-refractivity contribution in [2.75, 3.05) is 13.1 Å². The molecule has 1 amide bonds. The minimum Gasteiger partial charge on any atom is -0.456 e. The van der Waals surface area contributed by atoms with Crippen molar-refractivity contribution in [2.45, 2.75) is 32.5 Å². The summed E-state index contributed by atoms with van der Waals surface area (Å²) in [6, 6.07) is 19.6. The number of benzene rings is 2. The van der Waals surface area contributed by atoms with Crippen LogP contribution in [0.4, 0.5) is 4.79 Å². The van der Waals surface area contributed by atoms with Crippen molar-refractivity contribution >= 4 is 34.7 Å². The smallest absolute Gasteiger partial charge is 0.422 e. The third-order valence-corrected chi connectivity index (χ3v) is 7.24. The Morgan fingerprint density at radius 2 is 1.46 bits per heavy atom. The van der Waals surface area contributed by atoms with Crippen molar-refractivity contribution < 1.29 is 27.5 Å². The Kier molecular flexibility index (Phi) is 10.1. The fourth-order valence-electron chi connectivity index (χ4n) is 4.13. The molecule has 1 fully saturated rings. The number of amides is 1. The van der Waals surface area contributed by atoms with Gasteiger partial charge in [0, 0.05) is 6.20 Å². The number of halogens is 1. The molecule has 9 nitrogen and oxygen atoms in total. The first-order chi connectivity index (χ1) is 17.4. The fourth-order valence-corrected chi connectivity index (χ4v) is 5.16. The first kappa shape index (κ1) is 28.2. The van der Waals surface area contributed by atoms with Crippen molar-refractivity contribution in [3.8, 4) is 0 Å². The summed E-state index contributed by atoms with van der Waals surface area (Å²) in [6.07, 6.45) is 2.48. The summed E-state index contributed by atoms with van der Waals surface area (Å²) in [5.74, 6) is -0.481. The topological polar surface area (TPSA) is 116 Å². The number of aromatic nitrogens is 1. The SMILES string of the molecule is Cl.O=C(NS(=O)(=O)n1ccc(CC2CCNCC2)c1C(=O)OCc1ccccc1)OCc1ccccc1. The van der Waals surface area contributed by atoms with Crippen LogP contribution in [-0.2, 0) is 39.3 Å². The predicted molar refractivity (Wildman–Crippen MR) is 141 cm³/mol. The molecule has 1 aliphatic heterocycles. The van der Waals surface area contributed by atoms with Crippen LogP contribution in [0.15, 0.2) is 72.9 Å². The molecular formula is C26H30ClN3O6S. The third kappa shape index (κ3) is 7.82. The van der Waals surface area contributed by atoms with E-state index in [9.17, 15) is 18.0 Å². The van der Waals surface area contributed by atoms with Crippen LogP contribution in [0.25, 0.3) is 0 Å². The normalized spacial score (nSPS) is 13.8. The lowest BCUT2D eigenvalue weighted by molar-refractivity contribution is 0.0462. The van der Waals surface area contributed by atoms with Gasteiger partial charge < -0.3 is 14.8 Å². The zero-order chi connectivity index (χ0) is 25.4. The van der Waals surface area contributed by atoms with E-state index in [-0.39, 0.29) is 31.3 Å². The van der Waals surface area contributed by atoms with Gasteiger partial charge in [-0.25, -0.2) is 18.3 Å². The summed E-state index contributed by atoms with van der Waals surface area (Å²) in [6.45, 7) is 1.63. The van der Waals surface area contributed by atoms with E-state index in [1.165, 1.54) is 6.20 Å². The number of esters is 1. The molecular weight excluding hydrogens is 518 g/mol. The highest BCUT2D eigenvalue weighted by atomic mass is 35.5. The van der Waals surface area contributed by atoms with E-state index in [1.54, 1.807) is 30.3 Å². The molecule has 11 heteroatoms. The lowest BCUT2D eigenvalue weighted by atomic mass is 9.91. The number of nitrogens with one attached hydrogen (secondary N) is 2. The Hall–Kier alpha value is -3.34. The second-order valence-electron chi connectivity index (χ2n) is 8.61. The molecule has 0 unspecified atom stereocenters. The number of carbonyl (C=O) groups excluding carboxylic acids is 2. The average Bonchev–Trinajstić information content (AvgIpc) is 3.32. The Morgan fingerprint density at radius 3 is 2.05 bits per heavy atom. The van der Waals surface area contributed by atoms with Crippen LogP contribution >= 0.6 is 12.4 Å². The van der Waals surface area contributed by atoms with Crippen LogP contribution < -0.4 is 10.0 Å². The van der Waals surface area contributed by atoms with Gasteiger partial charge in [0.05, 0.1) is 0 Å². The molecule has 0 aliphatic carbocycles. The van der Waals surface area contributed by atoms with Crippen molar-refractivity contribution in [1.29, 1.82) is 0 Å². The molecule has 0 bridgehead atoms. The van der Waals surface area contributed by atoms with Gasteiger partial charge >= 0.3 is 22.3 Å². The molecule has 4 rings (SSSR count). The maximum absolute atomic E-state index is 13.1. The summed E-state index contributed by atoms with van der Waals surface area (Å²) in [5, 5.41) is 3.30. The predicted octanol–water partition coefficient (Wildman–Crippen LogP) is 3.83. The van der Waals surface area contributed by atoms with Gasteiger partial charge in [-0.2, -0.15) is 8.42 Å². The molecule has 1 aliphatic rings. The number of carbonyl (C=O) groups is 2. The molecule has 37 heavy (non-hydrogen) atoms. The molecule has 0 radical (unpaired) electrons. The van der Waals surface area contributed by atoms with E-state index in [2.05, 4.69) is 5.32 Å². The molecule has 1 aromatic heterocycles. The summed E-state index contributed by atoms with van der Waals surface area (Å²) in [7, 11) is -4.46. The van der Waals surface area contributed by atoms with Crippen LogP contribution in [0.5, 0.6) is 0 Å². The Morgan fingerprint density at radius 1 is 0.892 bits per heavy atom. The molecule has 198 valence electrons. The quantitative estimate of drug-likeness (QED) is 0.391. The highest BCUT2D eigenvalue weighted by Gasteiger charge is 2.29. The second-order valence-corrected chi connectivity index (χ2v) is 10.2. The average molecular weight is 548 g/mol. The highest BCUT2D eigenvalue weighted by Crippen LogP contribution is 2.23. The van der Waals surface area contributed by atoms with Crippen LogP contribution in [0.1, 0.15) is 40.0 Å². The zero-order valence-corrected chi connectivity index (χ0v) is 21.8. The van der Waals surface area contributed by atoms with Crippen molar-refractivity contribution in [1.82, 2.24) is 14.0 Å². The number of nitrogens with zero attached hydrogens (tertiary/aromatic N) is 1. The summed E-state index contributed by atoms with van der Waals surface area (Å²) in [5.41, 5.74) is 1.92. The maximum Gasteiger partial charge on any atom is 0.422 e. The van der Waals surface area contributed by atoms with E-state index < -0.39 is 22.3 Å². The second kappa shape index (κ2) is 13.3. The minimum atomic E-state index is -4.46. The number of hydrogen-bond acceptors (Lipinski definition) is 7. The monoisotopic (exact) mass is 547 g/mol. The van der Waals surface area contributed by atoms with Gasteiger partial charge in [0.1, 0.15) is 18.9 Å². The zero-order valence-electron chi connectivity index (χ0n) is 20.2. The molecule has 3 aromatic rings. The first-order valence-corrected chi connectivity index (χ1v) is 13.2. The van der Waals surface area contributed by atoms with Crippen LogP contribution in [0, 0.1) is 5.92 Å². The molecule has 0 saturated carbocycles. The van der Waals surface area contributed by atoms with Gasteiger partial charge in [0.25, 0.3) is 0 Å². The molecule has 2 N–H and O–H groups in total. The number of ether oxygens (including phenoxy) is 2. The van der Waals surface area contributed by atoms with E-state index in [0.29, 0.717) is 23.5 Å². The van der Waals surface area contributed by atoms with Gasteiger partial charge in [-0.05, 0) is 61.0 Å². The van der Waals surface area contributed by atoms with Crippen molar-refractivity contribution in [2.24, 2.45) is 5.92 Å². The van der Waals surface area contributed by atoms with Crippen LogP contribution in [-0.4, -0.2) is 37.5 Å². The Balaban J connectivity index is 0.00000380. The Labute approximate surface area is 222 Å². The molecule has 0 spiro atoms. The van der Waals surface area contributed by atoms with E-state index >= 15 is 0 Å². The maximum atomic E-state index is 13.1. The van der Waals surface area contributed by atoms with Gasteiger partial charge in [0.15, 0.2) is 0 Å². The fraction of sp³-hybridized carbons (Fsp3) is 0.308.